The third kappa shape index (κ3) is 2.80. The average Bonchev–Trinajstić information content (AvgIpc) is 2.52. The largest absolute Gasteiger partial charge is 0.449 e. The van der Waals surface area contributed by atoms with Crippen molar-refractivity contribution >= 4 is 0 Å². The molecule has 1 aromatic carbocycles. The molecular weight excluding hydrogens is 224 g/mol. The fourth-order valence-corrected chi connectivity index (χ4v) is 2.71. The van der Waals surface area contributed by atoms with E-state index in [9.17, 15) is 0 Å². The van der Waals surface area contributed by atoms with Crippen LogP contribution in [-0.2, 0) is 6.42 Å². The Hall–Kier alpha value is -1.18. The van der Waals surface area contributed by atoms with E-state index in [2.05, 4.69) is 32.9 Å². The van der Waals surface area contributed by atoms with Crippen LogP contribution in [0.5, 0.6) is 11.5 Å². The minimum Gasteiger partial charge on any atom is -0.449 e. The van der Waals surface area contributed by atoms with E-state index in [-0.39, 0.29) is 0 Å². The summed E-state index contributed by atoms with van der Waals surface area (Å²) in [4.78, 5) is 0. The van der Waals surface area contributed by atoms with Gasteiger partial charge in [-0.1, -0.05) is 39.3 Å². The van der Waals surface area contributed by atoms with Gasteiger partial charge in [-0.3, -0.25) is 0 Å². The highest BCUT2D eigenvalue weighted by molar-refractivity contribution is 5.49. The Morgan fingerprint density at radius 3 is 2.56 bits per heavy atom. The molecule has 0 aliphatic carbocycles. The number of benzene rings is 1. The van der Waals surface area contributed by atoms with Crippen molar-refractivity contribution < 1.29 is 9.47 Å². The normalized spacial score (nSPS) is 16.9. The molecule has 0 saturated heterocycles. The van der Waals surface area contributed by atoms with Gasteiger partial charge in [0, 0.05) is 13.8 Å². The maximum Gasteiger partial charge on any atom is 0.246 e. The Labute approximate surface area is 110 Å². The summed E-state index contributed by atoms with van der Waals surface area (Å²) >= 11 is 0. The fourth-order valence-electron chi connectivity index (χ4n) is 2.71. The van der Waals surface area contributed by atoms with Crippen molar-refractivity contribution in [2.75, 3.05) is 0 Å². The van der Waals surface area contributed by atoms with Gasteiger partial charge in [0.05, 0.1) is 0 Å². The van der Waals surface area contributed by atoms with Gasteiger partial charge in [0.15, 0.2) is 11.5 Å². The van der Waals surface area contributed by atoms with E-state index in [1.807, 2.05) is 19.9 Å². The number of rotatable bonds is 4. The number of ether oxygens (including phenoxy) is 2. The lowest BCUT2D eigenvalue weighted by Crippen LogP contribution is -2.30. The molecular formula is C16H24O2. The summed E-state index contributed by atoms with van der Waals surface area (Å²) in [5, 5.41) is 0. The van der Waals surface area contributed by atoms with Crippen LogP contribution >= 0.6 is 0 Å². The second-order valence-electron chi connectivity index (χ2n) is 6.44. The Morgan fingerprint density at radius 1 is 1.17 bits per heavy atom. The van der Waals surface area contributed by atoms with E-state index in [1.165, 1.54) is 18.4 Å². The standard InChI is InChI=1S/C16H24O2/c1-6-10-15(2,3)11-12-8-7-9-13-14(12)18-16(4,5)17-13/h7-9H,6,10-11H2,1-5H3. The van der Waals surface area contributed by atoms with Crippen molar-refractivity contribution in [1.82, 2.24) is 0 Å². The molecule has 0 radical (unpaired) electrons. The summed E-state index contributed by atoms with van der Waals surface area (Å²) in [7, 11) is 0. The van der Waals surface area contributed by atoms with Crippen LogP contribution in [-0.4, -0.2) is 5.79 Å². The fraction of sp³-hybridized carbons (Fsp3) is 0.625. The van der Waals surface area contributed by atoms with Crippen LogP contribution in [0.2, 0.25) is 0 Å². The number of hydrogen-bond acceptors (Lipinski definition) is 2. The molecule has 2 nitrogen and oxygen atoms in total. The number of hydrogen-bond donors (Lipinski definition) is 0. The highest BCUT2D eigenvalue weighted by Crippen LogP contribution is 2.44. The van der Waals surface area contributed by atoms with E-state index < -0.39 is 5.79 Å². The predicted octanol–water partition coefficient (Wildman–Crippen LogP) is 4.56. The molecule has 1 heterocycles. The molecule has 0 amide bonds. The summed E-state index contributed by atoms with van der Waals surface area (Å²) in [6.45, 7) is 10.8. The van der Waals surface area contributed by atoms with Gasteiger partial charge < -0.3 is 9.47 Å². The lowest BCUT2D eigenvalue weighted by molar-refractivity contribution is -0.0436. The van der Waals surface area contributed by atoms with Crippen molar-refractivity contribution in [3.05, 3.63) is 23.8 Å². The van der Waals surface area contributed by atoms with Crippen LogP contribution in [0.25, 0.3) is 0 Å². The Morgan fingerprint density at radius 2 is 1.89 bits per heavy atom. The Kier molecular flexibility index (Phi) is 3.31. The van der Waals surface area contributed by atoms with Gasteiger partial charge in [0.25, 0.3) is 0 Å². The second-order valence-corrected chi connectivity index (χ2v) is 6.44. The van der Waals surface area contributed by atoms with E-state index in [0.29, 0.717) is 5.41 Å². The van der Waals surface area contributed by atoms with Gasteiger partial charge in [-0.2, -0.15) is 0 Å². The van der Waals surface area contributed by atoms with E-state index >= 15 is 0 Å². The van der Waals surface area contributed by atoms with E-state index in [0.717, 1.165) is 17.9 Å². The van der Waals surface area contributed by atoms with Crippen molar-refractivity contribution in [1.29, 1.82) is 0 Å². The summed E-state index contributed by atoms with van der Waals surface area (Å²) < 4.78 is 11.7. The van der Waals surface area contributed by atoms with Gasteiger partial charge in [0.1, 0.15) is 0 Å². The molecule has 0 saturated carbocycles. The lowest BCUT2D eigenvalue weighted by Gasteiger charge is -2.25. The zero-order valence-electron chi connectivity index (χ0n) is 12.2. The first kappa shape index (κ1) is 13.3. The first-order valence-corrected chi connectivity index (χ1v) is 6.83. The monoisotopic (exact) mass is 248 g/mol. The molecule has 100 valence electrons. The molecule has 0 unspecified atom stereocenters. The predicted molar refractivity (Wildman–Crippen MR) is 74.2 cm³/mol. The average molecular weight is 248 g/mol. The first-order valence-electron chi connectivity index (χ1n) is 6.83. The Bertz CT molecular complexity index is 433. The summed E-state index contributed by atoms with van der Waals surface area (Å²) in [5.74, 6) is 1.28. The SMILES string of the molecule is CCCC(C)(C)Cc1cccc2c1OC(C)(C)O2. The number of fused-ring (bicyclic) bond motifs is 1. The molecule has 0 N–H and O–H groups in total. The number of para-hydroxylation sites is 1. The zero-order chi connectivity index (χ0) is 13.4. The van der Waals surface area contributed by atoms with Crippen molar-refractivity contribution in [3.63, 3.8) is 0 Å². The van der Waals surface area contributed by atoms with Gasteiger partial charge in [-0.25, -0.2) is 0 Å². The maximum absolute atomic E-state index is 5.93. The molecule has 1 aromatic rings. The topological polar surface area (TPSA) is 18.5 Å². The second kappa shape index (κ2) is 4.49. The maximum atomic E-state index is 5.93. The van der Waals surface area contributed by atoms with Gasteiger partial charge in [-0.05, 0) is 29.9 Å². The molecule has 1 aliphatic heterocycles. The molecule has 1 aliphatic rings. The van der Waals surface area contributed by atoms with Gasteiger partial charge in [0.2, 0.25) is 5.79 Å². The minimum atomic E-state index is -0.534. The summed E-state index contributed by atoms with van der Waals surface area (Å²) in [6.07, 6.45) is 3.47. The third-order valence-electron chi connectivity index (χ3n) is 3.36. The Balaban J connectivity index is 2.24. The van der Waals surface area contributed by atoms with Crippen LogP contribution in [0.4, 0.5) is 0 Å². The van der Waals surface area contributed by atoms with Crippen molar-refractivity contribution in [3.8, 4) is 11.5 Å². The third-order valence-corrected chi connectivity index (χ3v) is 3.36. The van der Waals surface area contributed by atoms with Crippen LogP contribution in [0.3, 0.4) is 0 Å². The molecule has 0 bridgehead atoms. The van der Waals surface area contributed by atoms with Crippen molar-refractivity contribution in [2.24, 2.45) is 5.41 Å². The molecule has 2 rings (SSSR count). The quantitative estimate of drug-likeness (QED) is 0.777. The van der Waals surface area contributed by atoms with Crippen LogP contribution in [0, 0.1) is 5.41 Å². The summed E-state index contributed by atoms with van der Waals surface area (Å²) in [6, 6.07) is 6.20. The molecule has 2 heteroatoms. The van der Waals surface area contributed by atoms with Crippen LogP contribution in [0.1, 0.15) is 53.0 Å². The highest BCUT2D eigenvalue weighted by Gasteiger charge is 2.34. The van der Waals surface area contributed by atoms with Gasteiger partial charge >= 0.3 is 0 Å². The lowest BCUT2D eigenvalue weighted by atomic mass is 9.81. The minimum absolute atomic E-state index is 0.306. The van der Waals surface area contributed by atoms with E-state index in [1.54, 1.807) is 0 Å². The molecule has 0 atom stereocenters. The molecule has 0 spiro atoms. The molecule has 0 fully saturated rings. The van der Waals surface area contributed by atoms with Crippen LogP contribution < -0.4 is 9.47 Å². The highest BCUT2D eigenvalue weighted by atomic mass is 16.7. The smallest absolute Gasteiger partial charge is 0.246 e. The zero-order valence-corrected chi connectivity index (χ0v) is 12.2. The summed E-state index contributed by atoms with van der Waals surface area (Å²) in [5.41, 5.74) is 1.57. The molecule has 18 heavy (non-hydrogen) atoms. The van der Waals surface area contributed by atoms with Crippen LogP contribution in [0.15, 0.2) is 18.2 Å². The van der Waals surface area contributed by atoms with E-state index in [4.69, 9.17) is 9.47 Å². The first-order chi connectivity index (χ1) is 8.33. The molecule has 0 aromatic heterocycles. The van der Waals surface area contributed by atoms with Crippen molar-refractivity contribution in [2.45, 2.75) is 59.7 Å². The van der Waals surface area contributed by atoms with Gasteiger partial charge in [-0.15, -0.1) is 0 Å².